The highest BCUT2D eigenvalue weighted by atomic mass is 16.3. The van der Waals surface area contributed by atoms with Gasteiger partial charge in [0.1, 0.15) is 11.4 Å². The third kappa shape index (κ3) is 2.87. The molecule has 0 atom stereocenters. The molecule has 0 spiro atoms. The zero-order valence-electron chi connectivity index (χ0n) is 16.0. The summed E-state index contributed by atoms with van der Waals surface area (Å²) in [5.74, 6) is 0.667. The van der Waals surface area contributed by atoms with Crippen LogP contribution in [0.4, 0.5) is 0 Å². The fraction of sp³-hybridized carbons (Fsp3) is 0. The maximum absolute atomic E-state index is 9.74. The lowest BCUT2D eigenvalue weighted by atomic mass is 10.1. The molecule has 0 saturated carbocycles. The number of fused-ring (bicyclic) bond motifs is 2. The Kier molecular flexibility index (Phi) is 3.72. The summed E-state index contributed by atoms with van der Waals surface area (Å²) in [5.41, 5.74) is 5.92. The second-order valence-corrected chi connectivity index (χ2v) is 6.98. The fourth-order valence-corrected chi connectivity index (χ4v) is 3.58. The van der Waals surface area contributed by atoms with E-state index in [1.165, 1.54) is 6.20 Å². The molecule has 0 saturated heterocycles. The van der Waals surface area contributed by atoms with Crippen LogP contribution in [0, 0.1) is 0 Å². The van der Waals surface area contributed by atoms with Gasteiger partial charge in [0.2, 0.25) is 0 Å². The number of aromatic hydroxyl groups is 1. The van der Waals surface area contributed by atoms with Crippen LogP contribution in [-0.2, 0) is 0 Å². The molecule has 9 nitrogen and oxygen atoms in total. The molecule has 148 valence electrons. The minimum Gasteiger partial charge on any atom is -0.506 e. The van der Waals surface area contributed by atoms with Gasteiger partial charge in [-0.25, -0.2) is 9.97 Å². The minimum atomic E-state index is 0.0808. The first-order valence-electron chi connectivity index (χ1n) is 9.51. The van der Waals surface area contributed by atoms with Gasteiger partial charge >= 0.3 is 0 Å². The largest absolute Gasteiger partial charge is 0.506 e. The summed E-state index contributed by atoms with van der Waals surface area (Å²) in [7, 11) is 0. The van der Waals surface area contributed by atoms with Crippen LogP contribution in [0.1, 0.15) is 0 Å². The first kappa shape index (κ1) is 17.2. The van der Waals surface area contributed by atoms with Crippen LogP contribution < -0.4 is 0 Å². The van der Waals surface area contributed by atoms with E-state index in [0.29, 0.717) is 28.4 Å². The van der Waals surface area contributed by atoms with Crippen LogP contribution in [0.5, 0.6) is 5.75 Å². The first-order chi connectivity index (χ1) is 15.3. The molecule has 0 aromatic carbocycles. The Morgan fingerprint density at radius 1 is 0.871 bits per heavy atom. The van der Waals surface area contributed by atoms with Gasteiger partial charge in [0.25, 0.3) is 0 Å². The molecule has 0 aliphatic rings. The lowest BCUT2D eigenvalue weighted by Crippen LogP contribution is -1.86. The van der Waals surface area contributed by atoms with E-state index in [2.05, 4.69) is 40.1 Å². The number of H-pyrrole nitrogens is 2. The van der Waals surface area contributed by atoms with Crippen molar-refractivity contribution in [1.82, 2.24) is 40.1 Å². The summed E-state index contributed by atoms with van der Waals surface area (Å²) in [6.45, 7) is 0. The van der Waals surface area contributed by atoms with Crippen LogP contribution >= 0.6 is 0 Å². The second-order valence-electron chi connectivity index (χ2n) is 6.98. The summed E-state index contributed by atoms with van der Waals surface area (Å²) in [6, 6.07) is 11.2. The summed E-state index contributed by atoms with van der Waals surface area (Å²) in [5, 5.41) is 18.0. The molecule has 6 heterocycles. The summed E-state index contributed by atoms with van der Waals surface area (Å²) in [6.07, 6.45) is 8.20. The van der Waals surface area contributed by atoms with E-state index < -0.39 is 0 Å². The number of nitrogens with one attached hydrogen (secondary N) is 2. The smallest absolute Gasteiger partial charge is 0.178 e. The number of aromatic amines is 2. The van der Waals surface area contributed by atoms with Crippen molar-refractivity contribution >= 4 is 22.1 Å². The molecular weight excluding hydrogens is 392 g/mol. The zero-order valence-corrected chi connectivity index (χ0v) is 16.0. The predicted molar refractivity (Wildman–Crippen MR) is 115 cm³/mol. The zero-order chi connectivity index (χ0) is 20.8. The van der Waals surface area contributed by atoms with Crippen molar-refractivity contribution in [2.24, 2.45) is 0 Å². The lowest BCUT2D eigenvalue weighted by Gasteiger charge is -2.01. The third-order valence-corrected chi connectivity index (χ3v) is 5.02. The van der Waals surface area contributed by atoms with Crippen LogP contribution in [0.25, 0.3) is 56.1 Å². The van der Waals surface area contributed by atoms with Gasteiger partial charge in [0.15, 0.2) is 11.5 Å². The Morgan fingerprint density at radius 2 is 1.84 bits per heavy atom. The molecule has 0 amide bonds. The summed E-state index contributed by atoms with van der Waals surface area (Å²) in [4.78, 5) is 25.3. The number of nitrogens with zero attached hydrogens (tertiary/aromatic N) is 6. The average molecular weight is 406 g/mol. The molecular formula is C22H14N8O. The predicted octanol–water partition coefficient (Wildman–Crippen LogP) is 3.73. The Hall–Kier alpha value is -4.66. The van der Waals surface area contributed by atoms with Gasteiger partial charge in [-0.1, -0.05) is 6.07 Å². The van der Waals surface area contributed by atoms with E-state index in [4.69, 9.17) is 0 Å². The van der Waals surface area contributed by atoms with Gasteiger partial charge in [-0.2, -0.15) is 5.10 Å². The number of pyridine rings is 4. The minimum absolute atomic E-state index is 0.0808. The molecule has 9 heteroatoms. The van der Waals surface area contributed by atoms with Gasteiger partial charge in [0.05, 0.1) is 34.8 Å². The molecule has 6 aromatic rings. The molecule has 0 fully saturated rings. The topological polar surface area (TPSA) is 129 Å². The summed E-state index contributed by atoms with van der Waals surface area (Å²) < 4.78 is 0. The van der Waals surface area contributed by atoms with E-state index in [1.54, 1.807) is 30.9 Å². The molecule has 31 heavy (non-hydrogen) atoms. The number of aromatic nitrogens is 8. The molecule has 6 rings (SSSR count). The van der Waals surface area contributed by atoms with Crippen molar-refractivity contribution in [3.8, 4) is 39.8 Å². The standard InChI is InChI=1S/C22H14N8O/c31-13-7-12(9-23-10-13)17-8-15-18(11-26-17)29-30-20(15)22-27-19-14(4-6-25-21(19)28-22)16-3-1-2-5-24-16/h1-11,31H,(H,29,30)(H,25,27,28). The molecule has 0 bridgehead atoms. The van der Waals surface area contributed by atoms with Crippen LogP contribution in [0.15, 0.2) is 67.4 Å². The quantitative estimate of drug-likeness (QED) is 0.408. The molecule has 0 unspecified atom stereocenters. The normalized spacial score (nSPS) is 11.4. The van der Waals surface area contributed by atoms with Gasteiger partial charge in [-0.05, 0) is 30.3 Å². The van der Waals surface area contributed by atoms with Crippen molar-refractivity contribution in [3.63, 3.8) is 0 Å². The Bertz CT molecular complexity index is 1550. The van der Waals surface area contributed by atoms with Crippen molar-refractivity contribution < 1.29 is 5.11 Å². The van der Waals surface area contributed by atoms with E-state index in [-0.39, 0.29) is 5.75 Å². The Labute approximate surface area is 174 Å². The number of imidazole rings is 1. The maximum atomic E-state index is 9.74. The van der Waals surface area contributed by atoms with Crippen LogP contribution in [0.2, 0.25) is 0 Å². The maximum Gasteiger partial charge on any atom is 0.178 e. The molecule has 0 radical (unpaired) electrons. The molecule has 6 aromatic heterocycles. The van der Waals surface area contributed by atoms with E-state index >= 15 is 0 Å². The number of hydrogen-bond acceptors (Lipinski definition) is 7. The van der Waals surface area contributed by atoms with Crippen LogP contribution in [0.3, 0.4) is 0 Å². The lowest BCUT2D eigenvalue weighted by molar-refractivity contribution is 0.473. The van der Waals surface area contributed by atoms with Gasteiger partial charge in [0, 0.05) is 35.1 Å². The molecule has 0 aliphatic carbocycles. The van der Waals surface area contributed by atoms with Crippen molar-refractivity contribution in [2.45, 2.75) is 0 Å². The van der Waals surface area contributed by atoms with Gasteiger partial charge in [-0.15, -0.1) is 0 Å². The van der Waals surface area contributed by atoms with E-state index in [9.17, 15) is 5.11 Å². The molecule has 3 N–H and O–H groups in total. The van der Waals surface area contributed by atoms with Crippen molar-refractivity contribution in [3.05, 3.63) is 67.4 Å². The van der Waals surface area contributed by atoms with E-state index in [0.717, 1.165) is 27.7 Å². The first-order valence-corrected chi connectivity index (χ1v) is 9.51. The Balaban J connectivity index is 1.51. The fourth-order valence-electron chi connectivity index (χ4n) is 3.58. The average Bonchev–Trinajstić information content (AvgIpc) is 3.43. The molecule has 0 aliphatic heterocycles. The van der Waals surface area contributed by atoms with Gasteiger partial charge < -0.3 is 10.1 Å². The van der Waals surface area contributed by atoms with Gasteiger partial charge in [-0.3, -0.25) is 20.1 Å². The van der Waals surface area contributed by atoms with Crippen LogP contribution in [-0.4, -0.2) is 45.2 Å². The van der Waals surface area contributed by atoms with E-state index in [1.807, 2.05) is 30.3 Å². The summed E-state index contributed by atoms with van der Waals surface area (Å²) >= 11 is 0. The monoisotopic (exact) mass is 406 g/mol. The van der Waals surface area contributed by atoms with Crippen molar-refractivity contribution in [2.75, 3.05) is 0 Å². The highest BCUT2D eigenvalue weighted by Gasteiger charge is 2.17. The SMILES string of the molecule is Oc1cncc(-c2cc3c(-c4nc5nccc(-c6ccccn6)c5[nH]4)n[nH]c3cn2)c1. The van der Waals surface area contributed by atoms with Crippen molar-refractivity contribution in [1.29, 1.82) is 0 Å². The number of rotatable bonds is 3. The second kappa shape index (κ2) is 6.70. The highest BCUT2D eigenvalue weighted by Crippen LogP contribution is 2.31. The third-order valence-electron chi connectivity index (χ3n) is 5.02. The Morgan fingerprint density at radius 3 is 2.71 bits per heavy atom. The highest BCUT2D eigenvalue weighted by molar-refractivity contribution is 5.96. The number of hydrogen-bond donors (Lipinski definition) is 3.